The fraction of sp³-hybridized carbons (Fsp3) is 0.136. The lowest BCUT2D eigenvalue weighted by Gasteiger charge is -2.27. The van der Waals surface area contributed by atoms with Crippen molar-refractivity contribution in [3.63, 3.8) is 0 Å². The van der Waals surface area contributed by atoms with Crippen LogP contribution in [0.5, 0.6) is 0 Å². The molecular weight excluding hydrogens is 374 g/mol. The second-order valence-electron chi connectivity index (χ2n) is 6.58. The van der Waals surface area contributed by atoms with E-state index in [1.807, 2.05) is 83.9 Å². The van der Waals surface area contributed by atoms with Gasteiger partial charge in [-0.15, -0.1) is 0 Å². The van der Waals surface area contributed by atoms with E-state index in [0.29, 0.717) is 5.02 Å². The summed E-state index contributed by atoms with van der Waals surface area (Å²) in [6.45, 7) is -0.181. The number of rotatable bonds is 5. The highest BCUT2D eigenvalue weighted by Gasteiger charge is 2.36. The van der Waals surface area contributed by atoms with Gasteiger partial charge >= 0.3 is 0 Å². The van der Waals surface area contributed by atoms with Gasteiger partial charge in [0.05, 0.1) is 24.0 Å². The van der Waals surface area contributed by atoms with Gasteiger partial charge < -0.3 is 20.6 Å². The first-order valence-electron chi connectivity index (χ1n) is 9.03. The second kappa shape index (κ2) is 7.92. The number of benzene rings is 2. The third-order valence-electron chi connectivity index (χ3n) is 4.77. The van der Waals surface area contributed by atoms with Gasteiger partial charge in [-0.05, 0) is 29.8 Å². The van der Waals surface area contributed by atoms with Crippen molar-refractivity contribution in [3.05, 3.63) is 101 Å². The van der Waals surface area contributed by atoms with Crippen molar-refractivity contribution < 1.29 is 9.90 Å². The van der Waals surface area contributed by atoms with Crippen LogP contribution in [-0.4, -0.2) is 28.7 Å². The molecule has 3 N–H and O–H groups in total. The van der Waals surface area contributed by atoms with Crippen molar-refractivity contribution in [3.8, 4) is 0 Å². The van der Waals surface area contributed by atoms with Gasteiger partial charge in [0, 0.05) is 16.8 Å². The molecule has 2 aromatic rings. The molecule has 142 valence electrons. The van der Waals surface area contributed by atoms with Crippen molar-refractivity contribution in [2.45, 2.75) is 12.2 Å². The minimum absolute atomic E-state index is 0.181. The standard InChI is InChI=1S/C22H20ClN3O2/c23-17-10-6-9-16(13-17)20-19-11-4-5-12-26(19)21(25-20)22(28)24-18(14-27)15-7-2-1-3-8-15/h1-13,18,21,25,27H,14H2,(H,24,28)/t18-,21?/m1/s1. The van der Waals surface area contributed by atoms with Crippen LogP contribution in [0.3, 0.4) is 0 Å². The number of hydrogen-bond donors (Lipinski definition) is 3. The van der Waals surface area contributed by atoms with Crippen LogP contribution < -0.4 is 10.6 Å². The summed E-state index contributed by atoms with van der Waals surface area (Å²) in [6, 6.07) is 16.5. The summed E-state index contributed by atoms with van der Waals surface area (Å²) >= 11 is 6.15. The number of nitrogens with one attached hydrogen (secondary N) is 2. The van der Waals surface area contributed by atoms with Gasteiger partial charge in [-0.1, -0.05) is 60.1 Å². The normalized spacial score (nSPS) is 18.6. The molecule has 0 aliphatic carbocycles. The van der Waals surface area contributed by atoms with Crippen LogP contribution in [0, 0.1) is 0 Å². The lowest BCUT2D eigenvalue weighted by molar-refractivity contribution is -0.126. The van der Waals surface area contributed by atoms with Crippen LogP contribution in [-0.2, 0) is 4.79 Å². The zero-order chi connectivity index (χ0) is 19.5. The summed E-state index contributed by atoms with van der Waals surface area (Å²) in [5.41, 5.74) is 3.49. The van der Waals surface area contributed by atoms with E-state index in [1.54, 1.807) is 0 Å². The number of amides is 1. The molecule has 0 spiro atoms. The average molecular weight is 394 g/mol. The number of carbonyl (C=O) groups excluding carboxylic acids is 1. The predicted molar refractivity (Wildman–Crippen MR) is 110 cm³/mol. The molecule has 0 saturated carbocycles. The smallest absolute Gasteiger partial charge is 0.264 e. The number of aliphatic hydroxyl groups is 1. The molecule has 0 fully saturated rings. The highest BCUT2D eigenvalue weighted by atomic mass is 35.5. The molecule has 2 aromatic carbocycles. The fourth-order valence-electron chi connectivity index (χ4n) is 3.41. The van der Waals surface area contributed by atoms with Crippen molar-refractivity contribution in [2.24, 2.45) is 0 Å². The molecule has 5 nitrogen and oxygen atoms in total. The Hall–Kier alpha value is -3.02. The first-order chi connectivity index (χ1) is 13.7. The zero-order valence-corrected chi connectivity index (χ0v) is 15.8. The Morgan fingerprint density at radius 3 is 2.75 bits per heavy atom. The van der Waals surface area contributed by atoms with E-state index in [2.05, 4.69) is 10.6 Å². The van der Waals surface area contributed by atoms with Crippen LogP contribution in [0.1, 0.15) is 17.2 Å². The van der Waals surface area contributed by atoms with E-state index in [1.165, 1.54) is 0 Å². The Kier molecular flexibility index (Phi) is 5.19. The SMILES string of the molecule is O=C(N[C@H](CO)c1ccccc1)C1NC(c2cccc(Cl)c2)=C2C=CC=CN21. The molecule has 4 rings (SSSR count). The zero-order valence-electron chi connectivity index (χ0n) is 15.0. The van der Waals surface area contributed by atoms with Crippen LogP contribution >= 0.6 is 11.6 Å². The third kappa shape index (κ3) is 3.54. The first-order valence-corrected chi connectivity index (χ1v) is 9.41. The maximum Gasteiger partial charge on any atom is 0.264 e. The quantitative estimate of drug-likeness (QED) is 0.730. The Bertz CT molecular complexity index is 969. The van der Waals surface area contributed by atoms with Gasteiger partial charge in [0.2, 0.25) is 0 Å². The maximum atomic E-state index is 13.0. The molecule has 0 radical (unpaired) electrons. The van der Waals surface area contributed by atoms with E-state index in [-0.39, 0.29) is 12.5 Å². The number of hydrogen-bond acceptors (Lipinski definition) is 4. The lowest BCUT2D eigenvalue weighted by atomic mass is 10.1. The molecule has 6 heteroatoms. The van der Waals surface area contributed by atoms with Crippen LogP contribution in [0.4, 0.5) is 0 Å². The molecule has 28 heavy (non-hydrogen) atoms. The molecule has 0 aromatic heterocycles. The molecular formula is C22H20ClN3O2. The van der Waals surface area contributed by atoms with Gasteiger partial charge in [-0.3, -0.25) is 4.79 Å². The minimum Gasteiger partial charge on any atom is -0.394 e. The third-order valence-corrected chi connectivity index (χ3v) is 5.00. The summed E-state index contributed by atoms with van der Waals surface area (Å²) in [5, 5.41) is 16.6. The highest BCUT2D eigenvalue weighted by Crippen LogP contribution is 2.32. The molecule has 2 aliphatic heterocycles. The summed E-state index contributed by atoms with van der Waals surface area (Å²) < 4.78 is 0. The van der Waals surface area contributed by atoms with E-state index in [4.69, 9.17) is 11.6 Å². The largest absolute Gasteiger partial charge is 0.394 e. The van der Waals surface area contributed by atoms with Crippen LogP contribution in [0.25, 0.3) is 5.70 Å². The fourth-order valence-corrected chi connectivity index (χ4v) is 3.60. The van der Waals surface area contributed by atoms with Gasteiger partial charge in [0.1, 0.15) is 0 Å². The number of fused-ring (bicyclic) bond motifs is 1. The van der Waals surface area contributed by atoms with E-state index in [0.717, 1.165) is 22.5 Å². The summed E-state index contributed by atoms with van der Waals surface area (Å²) in [6.07, 6.45) is 7.01. The monoisotopic (exact) mass is 393 g/mol. The Morgan fingerprint density at radius 1 is 1.18 bits per heavy atom. The Morgan fingerprint density at radius 2 is 2.00 bits per heavy atom. The molecule has 2 aliphatic rings. The van der Waals surface area contributed by atoms with Gasteiger partial charge in [-0.2, -0.15) is 0 Å². The van der Waals surface area contributed by atoms with Crippen LogP contribution in [0.15, 0.2) is 84.7 Å². The summed E-state index contributed by atoms with van der Waals surface area (Å²) in [4.78, 5) is 14.9. The van der Waals surface area contributed by atoms with Crippen LogP contribution in [0.2, 0.25) is 5.02 Å². The van der Waals surface area contributed by atoms with E-state index in [9.17, 15) is 9.90 Å². The highest BCUT2D eigenvalue weighted by molar-refractivity contribution is 6.30. The molecule has 0 saturated heterocycles. The number of carbonyl (C=O) groups is 1. The molecule has 1 amide bonds. The Labute approximate surface area is 168 Å². The topological polar surface area (TPSA) is 64.6 Å². The summed E-state index contributed by atoms with van der Waals surface area (Å²) in [5.74, 6) is -0.225. The van der Waals surface area contributed by atoms with Gasteiger partial charge in [0.25, 0.3) is 5.91 Å². The molecule has 0 bridgehead atoms. The Balaban J connectivity index is 1.58. The number of allylic oxidation sites excluding steroid dienone is 3. The first kappa shape index (κ1) is 18.3. The van der Waals surface area contributed by atoms with E-state index >= 15 is 0 Å². The maximum absolute atomic E-state index is 13.0. The van der Waals surface area contributed by atoms with E-state index < -0.39 is 12.2 Å². The summed E-state index contributed by atoms with van der Waals surface area (Å²) in [7, 11) is 0. The number of aliphatic hydroxyl groups excluding tert-OH is 1. The second-order valence-corrected chi connectivity index (χ2v) is 7.02. The molecule has 1 unspecified atom stereocenters. The van der Waals surface area contributed by atoms with Crippen molar-refractivity contribution in [2.75, 3.05) is 6.61 Å². The number of halogens is 1. The van der Waals surface area contributed by atoms with Crippen molar-refractivity contribution >= 4 is 23.2 Å². The lowest BCUT2D eigenvalue weighted by Crippen LogP contribution is -2.49. The number of nitrogens with zero attached hydrogens (tertiary/aromatic N) is 1. The van der Waals surface area contributed by atoms with Crippen molar-refractivity contribution in [1.82, 2.24) is 15.5 Å². The minimum atomic E-state index is -0.622. The predicted octanol–water partition coefficient (Wildman–Crippen LogP) is 3.17. The molecule has 2 heterocycles. The molecule has 2 atom stereocenters. The average Bonchev–Trinajstić information content (AvgIpc) is 3.12. The van der Waals surface area contributed by atoms with Gasteiger partial charge in [0.15, 0.2) is 6.17 Å². The van der Waals surface area contributed by atoms with Gasteiger partial charge in [-0.25, -0.2) is 0 Å². The van der Waals surface area contributed by atoms with Crippen molar-refractivity contribution in [1.29, 1.82) is 0 Å².